The van der Waals surface area contributed by atoms with Gasteiger partial charge in [-0.15, -0.1) is 0 Å². The Kier molecular flexibility index (Phi) is 5.65. The number of hydrogen-bond donors (Lipinski definition) is 1. The van der Waals surface area contributed by atoms with Crippen molar-refractivity contribution >= 4 is 21.6 Å². The average Bonchev–Trinajstić information content (AvgIpc) is 2.64. The van der Waals surface area contributed by atoms with Crippen LogP contribution in [0.1, 0.15) is 30.0 Å². The maximum atomic E-state index is 13.6. The highest BCUT2D eigenvalue weighted by Gasteiger charge is 2.38. The van der Waals surface area contributed by atoms with Crippen LogP contribution in [0.3, 0.4) is 0 Å². The Morgan fingerprint density at radius 3 is 2.46 bits per heavy atom. The maximum Gasteiger partial charge on any atom is 0.265 e. The summed E-state index contributed by atoms with van der Waals surface area (Å²) in [5.74, 6) is 0.0743. The summed E-state index contributed by atoms with van der Waals surface area (Å²) in [6.45, 7) is 7.94. The SMILES string of the molecule is CCCNC(=O)C1CN(S(=O)(=O)c2c(C)cc(C)cc2C)c2ccccc2O1. The van der Waals surface area contributed by atoms with Crippen LogP contribution in [0, 0.1) is 20.8 Å². The molecule has 0 radical (unpaired) electrons. The summed E-state index contributed by atoms with van der Waals surface area (Å²) in [7, 11) is -3.87. The van der Waals surface area contributed by atoms with Gasteiger partial charge in [-0.3, -0.25) is 9.10 Å². The van der Waals surface area contributed by atoms with Gasteiger partial charge in [-0.2, -0.15) is 0 Å². The lowest BCUT2D eigenvalue weighted by molar-refractivity contribution is -0.127. The van der Waals surface area contributed by atoms with Crippen molar-refractivity contribution in [2.75, 3.05) is 17.4 Å². The number of nitrogens with zero attached hydrogens (tertiary/aromatic N) is 1. The molecule has 0 bridgehead atoms. The van der Waals surface area contributed by atoms with Gasteiger partial charge in [-0.25, -0.2) is 8.42 Å². The quantitative estimate of drug-likeness (QED) is 0.834. The number of amides is 1. The van der Waals surface area contributed by atoms with Crippen molar-refractivity contribution in [2.45, 2.75) is 45.1 Å². The Hall–Kier alpha value is -2.54. The van der Waals surface area contributed by atoms with Crippen molar-refractivity contribution in [1.29, 1.82) is 0 Å². The summed E-state index contributed by atoms with van der Waals surface area (Å²) in [6, 6.07) is 10.6. The summed E-state index contributed by atoms with van der Waals surface area (Å²) in [5, 5.41) is 2.79. The van der Waals surface area contributed by atoms with E-state index in [1.54, 1.807) is 38.1 Å². The zero-order valence-corrected chi connectivity index (χ0v) is 17.5. The lowest BCUT2D eigenvalue weighted by Gasteiger charge is -2.35. The number of hydrogen-bond acceptors (Lipinski definition) is 4. The van der Waals surface area contributed by atoms with Gasteiger partial charge in [-0.1, -0.05) is 36.8 Å². The van der Waals surface area contributed by atoms with Crippen molar-refractivity contribution < 1.29 is 17.9 Å². The highest BCUT2D eigenvalue weighted by atomic mass is 32.2. The fourth-order valence-electron chi connectivity index (χ4n) is 3.61. The minimum absolute atomic E-state index is 0.0678. The van der Waals surface area contributed by atoms with E-state index in [9.17, 15) is 13.2 Å². The fourth-order valence-corrected chi connectivity index (χ4v) is 5.51. The summed E-state index contributed by atoms with van der Waals surface area (Å²) < 4.78 is 34.4. The van der Waals surface area contributed by atoms with Crippen LogP contribution < -0.4 is 14.4 Å². The Morgan fingerprint density at radius 2 is 1.82 bits per heavy atom. The normalized spacial score (nSPS) is 16.3. The number of fused-ring (bicyclic) bond motifs is 1. The molecule has 1 unspecified atom stereocenters. The van der Waals surface area contributed by atoms with Gasteiger partial charge in [0.2, 0.25) is 0 Å². The molecular formula is C21H26N2O4S. The van der Waals surface area contributed by atoms with E-state index < -0.39 is 16.1 Å². The molecule has 1 aliphatic rings. The van der Waals surface area contributed by atoms with Gasteiger partial charge >= 0.3 is 0 Å². The molecule has 0 aromatic heterocycles. The fraction of sp³-hybridized carbons (Fsp3) is 0.381. The lowest BCUT2D eigenvalue weighted by atomic mass is 10.1. The van der Waals surface area contributed by atoms with Crippen molar-refractivity contribution in [2.24, 2.45) is 0 Å². The van der Waals surface area contributed by atoms with Crippen LogP contribution in [0.25, 0.3) is 0 Å². The van der Waals surface area contributed by atoms with Crippen LogP contribution in [0.4, 0.5) is 5.69 Å². The first kappa shape index (κ1) is 20.2. The molecule has 1 heterocycles. The topological polar surface area (TPSA) is 75.7 Å². The monoisotopic (exact) mass is 402 g/mol. The third kappa shape index (κ3) is 3.71. The van der Waals surface area contributed by atoms with E-state index in [1.165, 1.54) is 4.31 Å². The maximum absolute atomic E-state index is 13.6. The van der Waals surface area contributed by atoms with Crippen LogP contribution in [0.2, 0.25) is 0 Å². The van der Waals surface area contributed by atoms with Crippen molar-refractivity contribution in [1.82, 2.24) is 5.32 Å². The number of aryl methyl sites for hydroxylation is 3. The Morgan fingerprint density at radius 1 is 1.18 bits per heavy atom. The van der Waals surface area contributed by atoms with Crippen LogP contribution >= 0.6 is 0 Å². The largest absolute Gasteiger partial charge is 0.476 e. The third-order valence-electron chi connectivity index (χ3n) is 4.73. The lowest BCUT2D eigenvalue weighted by Crippen LogP contribution is -2.51. The van der Waals surface area contributed by atoms with E-state index in [1.807, 2.05) is 26.0 Å². The van der Waals surface area contributed by atoms with E-state index >= 15 is 0 Å². The first-order valence-corrected chi connectivity index (χ1v) is 10.8. The molecule has 2 aromatic rings. The number of carbonyl (C=O) groups is 1. The molecule has 1 aliphatic heterocycles. The summed E-state index contributed by atoms with van der Waals surface area (Å²) >= 11 is 0. The van der Waals surface area contributed by atoms with E-state index in [-0.39, 0.29) is 17.3 Å². The Labute approximate surface area is 166 Å². The predicted molar refractivity (Wildman–Crippen MR) is 109 cm³/mol. The molecule has 1 N–H and O–H groups in total. The van der Waals surface area contributed by atoms with Crippen molar-refractivity contribution in [3.8, 4) is 5.75 Å². The molecule has 1 amide bonds. The van der Waals surface area contributed by atoms with E-state index in [0.717, 1.165) is 12.0 Å². The number of benzene rings is 2. The first-order chi connectivity index (χ1) is 13.3. The Bertz CT molecular complexity index is 978. The van der Waals surface area contributed by atoms with Gasteiger partial charge in [0.25, 0.3) is 15.9 Å². The zero-order valence-electron chi connectivity index (χ0n) is 16.7. The molecule has 0 spiro atoms. The Balaban J connectivity index is 2.07. The van der Waals surface area contributed by atoms with Crippen LogP contribution in [0.5, 0.6) is 5.75 Å². The number of rotatable bonds is 5. The first-order valence-electron chi connectivity index (χ1n) is 9.39. The molecule has 0 saturated heterocycles. The van der Waals surface area contributed by atoms with Gasteiger partial charge in [0, 0.05) is 6.54 Å². The van der Waals surface area contributed by atoms with E-state index in [2.05, 4.69) is 5.32 Å². The minimum Gasteiger partial charge on any atom is -0.476 e. The van der Waals surface area contributed by atoms with Gasteiger partial charge in [-0.05, 0) is 50.5 Å². The van der Waals surface area contributed by atoms with Crippen LogP contribution in [0.15, 0.2) is 41.3 Å². The van der Waals surface area contributed by atoms with E-state index in [4.69, 9.17) is 4.74 Å². The minimum atomic E-state index is -3.87. The molecule has 7 heteroatoms. The molecule has 0 fully saturated rings. The van der Waals surface area contributed by atoms with Gasteiger partial charge in [0.1, 0.15) is 5.75 Å². The smallest absolute Gasteiger partial charge is 0.265 e. The highest BCUT2D eigenvalue weighted by molar-refractivity contribution is 7.93. The summed E-state index contributed by atoms with van der Waals surface area (Å²) in [5.41, 5.74) is 2.83. The third-order valence-corrected chi connectivity index (χ3v) is 6.82. The number of anilines is 1. The zero-order chi connectivity index (χ0) is 20.5. The van der Waals surface area contributed by atoms with Crippen LogP contribution in [-0.4, -0.2) is 33.5 Å². The molecule has 0 aliphatic carbocycles. The number of para-hydroxylation sites is 2. The average molecular weight is 403 g/mol. The number of nitrogens with one attached hydrogen (secondary N) is 1. The molecule has 1 atom stereocenters. The molecule has 28 heavy (non-hydrogen) atoms. The van der Waals surface area contributed by atoms with Crippen molar-refractivity contribution in [3.63, 3.8) is 0 Å². The summed E-state index contributed by atoms with van der Waals surface area (Å²) in [6.07, 6.45) is -0.110. The molecule has 6 nitrogen and oxygen atoms in total. The second kappa shape index (κ2) is 7.83. The number of ether oxygens (including phenoxy) is 1. The molecule has 2 aromatic carbocycles. The van der Waals surface area contributed by atoms with Crippen LogP contribution in [-0.2, 0) is 14.8 Å². The van der Waals surface area contributed by atoms with Gasteiger partial charge in [0.15, 0.2) is 6.10 Å². The van der Waals surface area contributed by atoms with Gasteiger partial charge < -0.3 is 10.1 Å². The summed E-state index contributed by atoms with van der Waals surface area (Å²) in [4.78, 5) is 12.8. The highest BCUT2D eigenvalue weighted by Crippen LogP contribution is 2.38. The molecule has 0 saturated carbocycles. The number of carbonyl (C=O) groups excluding carboxylic acids is 1. The van der Waals surface area contributed by atoms with Gasteiger partial charge in [0.05, 0.1) is 17.1 Å². The van der Waals surface area contributed by atoms with E-state index in [0.29, 0.717) is 29.1 Å². The number of sulfonamides is 1. The van der Waals surface area contributed by atoms with Crippen molar-refractivity contribution in [3.05, 3.63) is 53.1 Å². The second-order valence-corrected chi connectivity index (χ2v) is 8.93. The molecule has 150 valence electrons. The predicted octanol–water partition coefficient (Wildman–Crippen LogP) is 3.09. The molecule has 3 rings (SSSR count). The standard InChI is InChI=1S/C21H26N2O4S/c1-5-10-22-21(24)19-13-23(17-8-6-7-9-18(17)27-19)28(25,26)20-15(3)11-14(2)12-16(20)4/h6-9,11-12,19H,5,10,13H2,1-4H3,(H,22,24). The molecular weight excluding hydrogens is 376 g/mol. The second-order valence-electron chi connectivity index (χ2n) is 7.13.